The first-order chi connectivity index (χ1) is 13.4. The number of nitrogens with zero attached hydrogens (tertiary/aromatic N) is 3. The highest BCUT2D eigenvalue weighted by atomic mass is 32.1. The van der Waals surface area contributed by atoms with Gasteiger partial charge in [0.15, 0.2) is 5.01 Å². The Morgan fingerprint density at radius 2 is 1.97 bits per heavy atom. The Balaban J connectivity index is 0.00000240. The molecular weight excluding hydrogens is 401 g/mol. The standard InChI is InChI=1S/C19H19F3N4OS.CH4/c1-10-7-15(17-25-26-18(28-17)23-5-2-6-27)24-16-13(10)8-12(11-3-4-11)9-14(16)19(20,21)22;/h7-9,11,27H,2-6H2,1H3,(H,23,26);1H4. The molecule has 9 heteroatoms. The lowest BCUT2D eigenvalue weighted by Crippen LogP contribution is -2.08. The van der Waals surface area contributed by atoms with E-state index in [9.17, 15) is 13.2 Å². The Morgan fingerprint density at radius 1 is 1.21 bits per heavy atom. The van der Waals surface area contributed by atoms with Gasteiger partial charge in [-0.05, 0) is 61.4 Å². The van der Waals surface area contributed by atoms with E-state index >= 15 is 0 Å². The van der Waals surface area contributed by atoms with Gasteiger partial charge in [0, 0.05) is 18.5 Å². The number of halogens is 3. The molecule has 1 saturated carbocycles. The van der Waals surface area contributed by atoms with Crippen LogP contribution >= 0.6 is 11.3 Å². The lowest BCUT2D eigenvalue weighted by Gasteiger charge is -2.14. The van der Waals surface area contributed by atoms with Crippen LogP contribution in [0.15, 0.2) is 18.2 Å². The molecule has 2 heterocycles. The third-order valence-corrected chi connectivity index (χ3v) is 5.66. The fraction of sp³-hybridized carbons (Fsp3) is 0.450. The molecule has 0 unspecified atom stereocenters. The minimum absolute atomic E-state index is 0. The van der Waals surface area contributed by atoms with Crippen LogP contribution in [-0.4, -0.2) is 33.4 Å². The second kappa shape index (κ2) is 8.23. The molecule has 5 nitrogen and oxygen atoms in total. The van der Waals surface area contributed by atoms with Crippen molar-refractivity contribution in [3.05, 3.63) is 34.9 Å². The molecule has 0 bridgehead atoms. The van der Waals surface area contributed by atoms with Gasteiger partial charge >= 0.3 is 6.18 Å². The van der Waals surface area contributed by atoms with E-state index in [1.807, 2.05) is 6.07 Å². The van der Waals surface area contributed by atoms with E-state index < -0.39 is 11.7 Å². The van der Waals surface area contributed by atoms with E-state index in [4.69, 9.17) is 5.11 Å². The Bertz CT molecular complexity index is 1010. The predicted molar refractivity (Wildman–Crippen MR) is 109 cm³/mol. The summed E-state index contributed by atoms with van der Waals surface area (Å²) in [7, 11) is 0. The van der Waals surface area contributed by atoms with Crippen LogP contribution in [0.3, 0.4) is 0 Å². The number of alkyl halides is 3. The van der Waals surface area contributed by atoms with Gasteiger partial charge in [-0.3, -0.25) is 0 Å². The lowest BCUT2D eigenvalue weighted by atomic mass is 9.98. The molecule has 4 rings (SSSR count). The highest BCUT2D eigenvalue weighted by Crippen LogP contribution is 2.45. The van der Waals surface area contributed by atoms with E-state index in [-0.39, 0.29) is 25.5 Å². The zero-order valence-corrected chi connectivity index (χ0v) is 16.0. The highest BCUT2D eigenvalue weighted by Gasteiger charge is 2.36. The third-order valence-electron chi connectivity index (χ3n) is 4.75. The van der Waals surface area contributed by atoms with Crippen LogP contribution in [0.4, 0.5) is 18.3 Å². The molecule has 0 saturated heterocycles. The minimum atomic E-state index is -4.47. The molecule has 0 radical (unpaired) electrons. The first-order valence-corrected chi connectivity index (χ1v) is 9.89. The number of rotatable bonds is 6. The molecule has 2 N–H and O–H groups in total. The largest absolute Gasteiger partial charge is 0.418 e. The van der Waals surface area contributed by atoms with Gasteiger partial charge in [-0.2, -0.15) is 13.2 Å². The number of aromatic nitrogens is 3. The Hall–Kier alpha value is -2.26. The van der Waals surface area contributed by atoms with Crippen LogP contribution < -0.4 is 5.32 Å². The smallest absolute Gasteiger partial charge is 0.396 e. The zero-order chi connectivity index (χ0) is 19.9. The molecule has 3 aromatic rings. The Kier molecular flexibility index (Phi) is 6.09. The van der Waals surface area contributed by atoms with Crippen LogP contribution in [0, 0.1) is 6.92 Å². The summed E-state index contributed by atoms with van der Waals surface area (Å²) in [5.74, 6) is 0.222. The molecule has 0 aliphatic heterocycles. The van der Waals surface area contributed by atoms with Crippen molar-refractivity contribution in [3.63, 3.8) is 0 Å². The van der Waals surface area contributed by atoms with E-state index in [0.717, 1.165) is 24.0 Å². The zero-order valence-electron chi connectivity index (χ0n) is 15.2. The summed E-state index contributed by atoms with van der Waals surface area (Å²) in [6, 6.07) is 4.85. The van der Waals surface area contributed by atoms with Crippen molar-refractivity contribution in [1.82, 2.24) is 15.2 Å². The first kappa shape index (κ1) is 21.4. The van der Waals surface area contributed by atoms with Crippen molar-refractivity contribution < 1.29 is 18.3 Å². The van der Waals surface area contributed by atoms with E-state index in [1.165, 1.54) is 17.4 Å². The van der Waals surface area contributed by atoms with Crippen molar-refractivity contribution in [2.24, 2.45) is 0 Å². The summed E-state index contributed by atoms with van der Waals surface area (Å²) >= 11 is 1.23. The van der Waals surface area contributed by atoms with Crippen LogP contribution in [-0.2, 0) is 6.18 Å². The molecular formula is C20H23F3N4OS. The first-order valence-electron chi connectivity index (χ1n) is 9.08. The summed E-state index contributed by atoms with van der Waals surface area (Å²) in [6.07, 6.45) is -2.03. The van der Waals surface area contributed by atoms with E-state index in [2.05, 4.69) is 20.5 Å². The average molecular weight is 424 g/mol. The number of fused-ring (bicyclic) bond motifs is 1. The molecule has 0 atom stereocenters. The van der Waals surface area contributed by atoms with Crippen molar-refractivity contribution >= 4 is 27.4 Å². The van der Waals surface area contributed by atoms with Gasteiger partial charge < -0.3 is 10.4 Å². The molecule has 0 spiro atoms. The quantitative estimate of drug-likeness (QED) is 0.519. The minimum Gasteiger partial charge on any atom is -0.396 e. The fourth-order valence-corrected chi connectivity index (χ4v) is 3.89. The van der Waals surface area contributed by atoms with Gasteiger partial charge in [-0.25, -0.2) is 4.98 Å². The normalized spacial score (nSPS) is 14.1. The van der Waals surface area contributed by atoms with Crippen molar-refractivity contribution in [3.8, 4) is 10.7 Å². The molecule has 156 valence electrons. The topological polar surface area (TPSA) is 70.9 Å². The van der Waals surface area contributed by atoms with Gasteiger partial charge in [0.2, 0.25) is 5.13 Å². The second-order valence-corrected chi connectivity index (χ2v) is 7.95. The molecule has 1 aliphatic rings. The predicted octanol–water partition coefficient (Wildman–Crippen LogP) is 5.39. The van der Waals surface area contributed by atoms with Crippen LogP contribution in [0.1, 0.15) is 49.3 Å². The number of benzene rings is 1. The van der Waals surface area contributed by atoms with Crippen LogP contribution in [0.5, 0.6) is 0 Å². The number of aliphatic hydroxyl groups is 1. The van der Waals surface area contributed by atoms with E-state index in [1.54, 1.807) is 13.0 Å². The summed E-state index contributed by atoms with van der Waals surface area (Å²) in [4.78, 5) is 4.32. The summed E-state index contributed by atoms with van der Waals surface area (Å²) < 4.78 is 41.2. The summed E-state index contributed by atoms with van der Waals surface area (Å²) in [5.41, 5.74) is 1.11. The van der Waals surface area contributed by atoms with Crippen molar-refractivity contribution in [1.29, 1.82) is 0 Å². The third kappa shape index (κ3) is 4.51. The number of pyridine rings is 1. The number of aryl methyl sites for hydroxylation is 1. The number of hydrogen-bond donors (Lipinski definition) is 2. The SMILES string of the molecule is C.Cc1cc(-c2nnc(NCCCO)s2)nc2c(C(F)(F)F)cc(C3CC3)cc12. The molecule has 0 amide bonds. The molecule has 1 aromatic carbocycles. The van der Waals surface area contributed by atoms with Gasteiger partial charge in [0.1, 0.15) is 5.69 Å². The molecule has 1 aliphatic carbocycles. The fourth-order valence-electron chi connectivity index (χ4n) is 3.16. The molecule has 1 fully saturated rings. The number of aliphatic hydroxyl groups excluding tert-OH is 1. The summed E-state index contributed by atoms with van der Waals surface area (Å²) in [5, 5.41) is 21.5. The monoisotopic (exact) mass is 424 g/mol. The van der Waals surface area contributed by atoms with Gasteiger partial charge in [-0.15, -0.1) is 10.2 Å². The van der Waals surface area contributed by atoms with E-state index in [0.29, 0.717) is 34.2 Å². The van der Waals surface area contributed by atoms with Gasteiger partial charge in [0.05, 0.1) is 11.1 Å². The summed E-state index contributed by atoms with van der Waals surface area (Å²) in [6.45, 7) is 2.40. The maximum Gasteiger partial charge on any atom is 0.418 e. The second-order valence-electron chi connectivity index (χ2n) is 6.98. The number of nitrogens with one attached hydrogen (secondary N) is 1. The molecule has 2 aromatic heterocycles. The van der Waals surface area contributed by atoms with Gasteiger partial charge in [-0.1, -0.05) is 18.8 Å². The van der Waals surface area contributed by atoms with Crippen molar-refractivity contribution in [2.75, 3.05) is 18.5 Å². The number of hydrogen-bond acceptors (Lipinski definition) is 6. The highest BCUT2D eigenvalue weighted by molar-refractivity contribution is 7.18. The lowest BCUT2D eigenvalue weighted by molar-refractivity contribution is -0.136. The van der Waals surface area contributed by atoms with Crippen LogP contribution in [0.25, 0.3) is 21.6 Å². The number of anilines is 1. The molecule has 29 heavy (non-hydrogen) atoms. The maximum atomic E-state index is 13.7. The van der Waals surface area contributed by atoms with Gasteiger partial charge in [0.25, 0.3) is 0 Å². The van der Waals surface area contributed by atoms with Crippen molar-refractivity contribution in [2.45, 2.75) is 45.7 Å². The maximum absolute atomic E-state index is 13.7. The Morgan fingerprint density at radius 3 is 2.62 bits per heavy atom. The van der Waals surface area contributed by atoms with Crippen LogP contribution in [0.2, 0.25) is 0 Å². The Labute approximate surface area is 171 Å². The average Bonchev–Trinajstić information content (AvgIpc) is 3.39.